The summed E-state index contributed by atoms with van der Waals surface area (Å²) in [6.45, 7) is 10.1. The molecule has 140 valence electrons. The Bertz CT molecular complexity index is 510. The lowest BCUT2D eigenvalue weighted by Crippen LogP contribution is -2.45. The van der Waals surface area contributed by atoms with Crippen LogP contribution >= 0.6 is 0 Å². The van der Waals surface area contributed by atoms with Crippen molar-refractivity contribution in [2.75, 3.05) is 53.5 Å². The average molecular weight is 347 g/mol. The number of nitrogens with zero attached hydrogens (tertiary/aromatic N) is 3. The predicted molar refractivity (Wildman–Crippen MR) is 105 cm³/mol. The standard InChI is InChI=1S/C20H34N4O/c1-5-24(6-2)19(18-10-8-7-9-11-18)14-22-20(21-3)23(4)15-17-12-13-25-16-17/h7-11,17,19H,5-6,12-16H2,1-4H3,(H,21,22). The van der Waals surface area contributed by atoms with Gasteiger partial charge in [0.25, 0.3) is 0 Å². The van der Waals surface area contributed by atoms with Crippen LogP contribution in [0.4, 0.5) is 0 Å². The zero-order valence-corrected chi connectivity index (χ0v) is 16.2. The van der Waals surface area contributed by atoms with Crippen LogP contribution in [0.1, 0.15) is 31.9 Å². The summed E-state index contributed by atoms with van der Waals surface area (Å²) in [5.74, 6) is 1.57. The van der Waals surface area contributed by atoms with E-state index < -0.39 is 0 Å². The van der Waals surface area contributed by atoms with E-state index in [0.29, 0.717) is 12.0 Å². The zero-order chi connectivity index (χ0) is 18.1. The molecule has 1 aromatic carbocycles. The fourth-order valence-corrected chi connectivity index (χ4v) is 3.57. The van der Waals surface area contributed by atoms with Crippen LogP contribution in [-0.4, -0.2) is 69.2 Å². The number of ether oxygens (including phenoxy) is 1. The van der Waals surface area contributed by atoms with Crippen LogP contribution in [0.15, 0.2) is 35.3 Å². The molecule has 0 bridgehead atoms. The largest absolute Gasteiger partial charge is 0.381 e. The minimum Gasteiger partial charge on any atom is -0.381 e. The summed E-state index contributed by atoms with van der Waals surface area (Å²) >= 11 is 0. The van der Waals surface area contributed by atoms with E-state index in [-0.39, 0.29) is 0 Å². The highest BCUT2D eigenvalue weighted by Gasteiger charge is 2.21. The highest BCUT2D eigenvalue weighted by Crippen LogP contribution is 2.19. The molecular formula is C20H34N4O. The van der Waals surface area contributed by atoms with Gasteiger partial charge in [0.1, 0.15) is 0 Å². The fraction of sp³-hybridized carbons (Fsp3) is 0.650. The van der Waals surface area contributed by atoms with Crippen LogP contribution in [0.2, 0.25) is 0 Å². The summed E-state index contributed by atoms with van der Waals surface area (Å²) in [4.78, 5) is 9.19. The minimum absolute atomic E-state index is 0.344. The summed E-state index contributed by atoms with van der Waals surface area (Å²) in [6, 6.07) is 11.1. The van der Waals surface area contributed by atoms with Gasteiger partial charge in [-0.25, -0.2) is 0 Å². The number of likely N-dealkylation sites (N-methyl/N-ethyl adjacent to an activating group) is 1. The lowest BCUT2D eigenvalue weighted by molar-refractivity contribution is 0.181. The quantitative estimate of drug-likeness (QED) is 0.580. The van der Waals surface area contributed by atoms with Crippen LogP contribution in [0, 0.1) is 5.92 Å². The van der Waals surface area contributed by atoms with Gasteiger partial charge in [-0.05, 0) is 25.1 Å². The van der Waals surface area contributed by atoms with Crippen LogP contribution < -0.4 is 5.32 Å². The molecule has 0 saturated carbocycles. The molecule has 0 aromatic heterocycles. The van der Waals surface area contributed by atoms with Crippen LogP contribution in [-0.2, 0) is 4.74 Å². The molecule has 1 fully saturated rings. The Morgan fingerprint density at radius 1 is 1.28 bits per heavy atom. The summed E-state index contributed by atoms with van der Waals surface area (Å²) in [6.07, 6.45) is 1.15. The third-order valence-corrected chi connectivity index (χ3v) is 5.02. The maximum atomic E-state index is 5.49. The number of aliphatic imine (C=N–C) groups is 1. The Morgan fingerprint density at radius 3 is 2.56 bits per heavy atom. The SMILES string of the molecule is CCN(CC)C(CNC(=NC)N(C)CC1CCOC1)c1ccccc1. The third-order valence-electron chi connectivity index (χ3n) is 5.02. The normalized spacial score (nSPS) is 19.2. The van der Waals surface area contributed by atoms with Gasteiger partial charge in [-0.1, -0.05) is 44.2 Å². The lowest BCUT2D eigenvalue weighted by atomic mass is 10.1. The maximum absolute atomic E-state index is 5.49. The van der Waals surface area contributed by atoms with E-state index in [2.05, 4.69) is 71.3 Å². The van der Waals surface area contributed by atoms with Crippen molar-refractivity contribution < 1.29 is 4.74 Å². The molecular weight excluding hydrogens is 312 g/mol. The maximum Gasteiger partial charge on any atom is 0.193 e. The monoisotopic (exact) mass is 346 g/mol. The molecule has 25 heavy (non-hydrogen) atoms. The van der Waals surface area contributed by atoms with Gasteiger partial charge >= 0.3 is 0 Å². The number of benzene rings is 1. The molecule has 1 aliphatic rings. The van der Waals surface area contributed by atoms with Crippen molar-refractivity contribution >= 4 is 5.96 Å². The van der Waals surface area contributed by atoms with E-state index >= 15 is 0 Å². The van der Waals surface area contributed by atoms with Crippen molar-refractivity contribution in [3.8, 4) is 0 Å². The molecule has 1 saturated heterocycles. The molecule has 0 amide bonds. The summed E-state index contributed by atoms with van der Waals surface area (Å²) in [5, 5.41) is 3.58. The van der Waals surface area contributed by atoms with Gasteiger partial charge in [-0.3, -0.25) is 9.89 Å². The van der Waals surface area contributed by atoms with Gasteiger partial charge < -0.3 is 15.0 Å². The molecule has 2 atom stereocenters. The molecule has 1 aromatic rings. The average Bonchev–Trinajstić information content (AvgIpc) is 3.15. The second kappa shape index (κ2) is 10.4. The van der Waals surface area contributed by atoms with E-state index in [1.54, 1.807) is 0 Å². The van der Waals surface area contributed by atoms with Gasteiger partial charge in [0.15, 0.2) is 5.96 Å². The Kier molecular flexibility index (Phi) is 8.22. The van der Waals surface area contributed by atoms with Crippen LogP contribution in [0.3, 0.4) is 0 Å². The van der Waals surface area contributed by atoms with Crippen LogP contribution in [0.25, 0.3) is 0 Å². The zero-order valence-electron chi connectivity index (χ0n) is 16.2. The van der Waals surface area contributed by atoms with Gasteiger partial charge in [0.2, 0.25) is 0 Å². The number of hydrogen-bond acceptors (Lipinski definition) is 3. The summed E-state index contributed by atoms with van der Waals surface area (Å²) < 4.78 is 5.49. The second-order valence-electron chi connectivity index (χ2n) is 6.69. The number of nitrogens with one attached hydrogen (secondary N) is 1. The van der Waals surface area contributed by atoms with Crippen molar-refractivity contribution in [2.45, 2.75) is 26.3 Å². The fourth-order valence-electron chi connectivity index (χ4n) is 3.57. The van der Waals surface area contributed by atoms with Crippen molar-refractivity contribution in [3.05, 3.63) is 35.9 Å². The topological polar surface area (TPSA) is 40.1 Å². The second-order valence-corrected chi connectivity index (χ2v) is 6.69. The molecule has 0 spiro atoms. The summed E-state index contributed by atoms with van der Waals surface area (Å²) in [7, 11) is 3.97. The molecule has 5 nitrogen and oxygen atoms in total. The van der Waals surface area contributed by atoms with E-state index in [9.17, 15) is 0 Å². The lowest BCUT2D eigenvalue weighted by Gasteiger charge is -2.32. The van der Waals surface area contributed by atoms with Crippen LogP contribution in [0.5, 0.6) is 0 Å². The molecule has 1 N–H and O–H groups in total. The van der Waals surface area contributed by atoms with Gasteiger partial charge in [0.05, 0.1) is 12.6 Å². The minimum atomic E-state index is 0.344. The molecule has 0 aliphatic carbocycles. The Labute approximate surface area is 153 Å². The molecule has 1 aliphatic heterocycles. The van der Waals surface area contributed by atoms with E-state index in [1.807, 2.05) is 7.05 Å². The van der Waals surface area contributed by atoms with Crippen molar-refractivity contribution in [3.63, 3.8) is 0 Å². The van der Waals surface area contributed by atoms with E-state index in [4.69, 9.17) is 4.74 Å². The highest BCUT2D eigenvalue weighted by molar-refractivity contribution is 5.79. The molecule has 2 rings (SSSR count). The Morgan fingerprint density at radius 2 is 2.00 bits per heavy atom. The Balaban J connectivity index is 1.99. The smallest absolute Gasteiger partial charge is 0.193 e. The van der Waals surface area contributed by atoms with E-state index in [0.717, 1.165) is 51.8 Å². The molecule has 2 unspecified atom stereocenters. The highest BCUT2D eigenvalue weighted by atomic mass is 16.5. The first-order chi connectivity index (χ1) is 12.2. The predicted octanol–water partition coefficient (Wildman–Crippen LogP) is 2.61. The third kappa shape index (κ3) is 5.72. The molecule has 5 heteroatoms. The van der Waals surface area contributed by atoms with Gasteiger partial charge in [0, 0.05) is 39.7 Å². The van der Waals surface area contributed by atoms with E-state index in [1.165, 1.54) is 5.56 Å². The first kappa shape index (κ1) is 19.7. The molecule has 1 heterocycles. The summed E-state index contributed by atoms with van der Waals surface area (Å²) in [5.41, 5.74) is 1.35. The number of rotatable bonds is 8. The first-order valence-electron chi connectivity index (χ1n) is 9.48. The first-order valence-corrected chi connectivity index (χ1v) is 9.48. The Hall–Kier alpha value is -1.59. The van der Waals surface area contributed by atoms with Crippen molar-refractivity contribution in [2.24, 2.45) is 10.9 Å². The van der Waals surface area contributed by atoms with Crippen molar-refractivity contribution in [1.29, 1.82) is 0 Å². The van der Waals surface area contributed by atoms with Gasteiger partial charge in [-0.2, -0.15) is 0 Å². The number of hydrogen-bond donors (Lipinski definition) is 1. The number of guanidine groups is 1. The van der Waals surface area contributed by atoms with Crippen molar-refractivity contribution in [1.82, 2.24) is 15.1 Å². The van der Waals surface area contributed by atoms with Gasteiger partial charge in [-0.15, -0.1) is 0 Å². The molecule has 0 radical (unpaired) electrons.